The van der Waals surface area contributed by atoms with Crippen molar-refractivity contribution >= 4 is 11.9 Å². The maximum Gasteiger partial charge on any atom is 0.311 e. The van der Waals surface area contributed by atoms with Crippen molar-refractivity contribution in [1.82, 2.24) is 5.32 Å². The van der Waals surface area contributed by atoms with Gasteiger partial charge in [-0.05, 0) is 43.0 Å². The highest BCUT2D eigenvalue weighted by atomic mass is 19.1. The average Bonchev–Trinajstić information content (AvgIpc) is 3.34. The van der Waals surface area contributed by atoms with Crippen molar-refractivity contribution < 1.29 is 19.1 Å². The second-order valence-corrected chi connectivity index (χ2v) is 6.33. The molecule has 0 bridgehead atoms. The number of nitrogens with one attached hydrogen (secondary N) is 1. The number of aryl methyl sites for hydroxylation is 1. The van der Waals surface area contributed by atoms with Gasteiger partial charge in [-0.3, -0.25) is 9.59 Å². The molecule has 0 saturated heterocycles. The fourth-order valence-corrected chi connectivity index (χ4v) is 2.59. The van der Waals surface area contributed by atoms with Crippen LogP contribution in [0.1, 0.15) is 28.8 Å². The van der Waals surface area contributed by atoms with Gasteiger partial charge in [-0.15, -0.1) is 0 Å². The van der Waals surface area contributed by atoms with E-state index in [1.807, 2.05) is 31.2 Å². The Morgan fingerprint density at radius 3 is 2.29 bits per heavy atom. The van der Waals surface area contributed by atoms with Gasteiger partial charge in [-0.25, -0.2) is 4.39 Å². The molecule has 1 aliphatic rings. The van der Waals surface area contributed by atoms with Crippen molar-refractivity contribution in [2.24, 2.45) is 5.41 Å². The Hall–Kier alpha value is -2.69. The summed E-state index contributed by atoms with van der Waals surface area (Å²) in [5, 5.41) is 11.6. The molecule has 1 aliphatic carbocycles. The summed E-state index contributed by atoms with van der Waals surface area (Å²) in [7, 11) is 0. The van der Waals surface area contributed by atoms with Gasteiger partial charge in [0, 0.05) is 6.54 Å². The molecular weight excluding hydrogens is 309 g/mol. The van der Waals surface area contributed by atoms with Crippen LogP contribution in [-0.4, -0.2) is 23.5 Å². The molecule has 1 amide bonds. The standard InChI is InChI=1S/C19H18FNO3/c1-12-2-4-13(5-3-12)14-6-7-15(16(20)10-14)17(22)21-11-19(8-9-19)18(23)24/h2-7,10H,8-9,11H2,1H3,(H,21,22)(H,23,24). The molecule has 0 heterocycles. The summed E-state index contributed by atoms with van der Waals surface area (Å²) in [5.41, 5.74) is 1.73. The fraction of sp³-hybridized carbons (Fsp3) is 0.263. The highest BCUT2D eigenvalue weighted by molar-refractivity contribution is 5.95. The summed E-state index contributed by atoms with van der Waals surface area (Å²) < 4.78 is 14.3. The van der Waals surface area contributed by atoms with E-state index in [0.29, 0.717) is 18.4 Å². The number of carbonyl (C=O) groups is 2. The molecule has 3 rings (SSSR count). The minimum atomic E-state index is -0.919. The van der Waals surface area contributed by atoms with Crippen LogP contribution in [0.15, 0.2) is 42.5 Å². The Labute approximate surface area is 139 Å². The molecule has 0 atom stereocenters. The van der Waals surface area contributed by atoms with Crippen LogP contribution < -0.4 is 5.32 Å². The van der Waals surface area contributed by atoms with Gasteiger partial charge < -0.3 is 10.4 Å². The van der Waals surface area contributed by atoms with Crippen LogP contribution >= 0.6 is 0 Å². The smallest absolute Gasteiger partial charge is 0.311 e. The Kier molecular flexibility index (Phi) is 4.09. The van der Waals surface area contributed by atoms with E-state index in [4.69, 9.17) is 5.11 Å². The van der Waals surface area contributed by atoms with E-state index in [2.05, 4.69) is 5.32 Å². The summed E-state index contributed by atoms with van der Waals surface area (Å²) >= 11 is 0. The van der Waals surface area contributed by atoms with Gasteiger partial charge >= 0.3 is 5.97 Å². The normalized spacial score (nSPS) is 14.9. The molecule has 4 nitrogen and oxygen atoms in total. The van der Waals surface area contributed by atoms with Gasteiger partial charge in [0.2, 0.25) is 0 Å². The summed E-state index contributed by atoms with van der Waals surface area (Å²) in [6, 6.07) is 12.1. The van der Waals surface area contributed by atoms with Crippen molar-refractivity contribution in [3.05, 3.63) is 59.4 Å². The number of amides is 1. The lowest BCUT2D eigenvalue weighted by Crippen LogP contribution is -2.34. The molecule has 1 saturated carbocycles. The van der Waals surface area contributed by atoms with Gasteiger partial charge in [0.05, 0.1) is 11.0 Å². The maximum atomic E-state index is 14.3. The Morgan fingerprint density at radius 2 is 1.75 bits per heavy atom. The lowest BCUT2D eigenvalue weighted by Gasteiger charge is -2.12. The number of carboxylic acid groups (broad SMARTS) is 1. The maximum absolute atomic E-state index is 14.3. The van der Waals surface area contributed by atoms with Crippen LogP contribution in [0.3, 0.4) is 0 Å². The molecule has 0 unspecified atom stereocenters. The Morgan fingerprint density at radius 1 is 1.12 bits per heavy atom. The van der Waals surface area contributed by atoms with E-state index < -0.39 is 23.1 Å². The van der Waals surface area contributed by atoms with Gasteiger partial charge in [-0.1, -0.05) is 35.9 Å². The highest BCUT2D eigenvalue weighted by Gasteiger charge is 2.50. The van der Waals surface area contributed by atoms with E-state index >= 15 is 0 Å². The number of carbonyl (C=O) groups excluding carboxylic acids is 1. The molecule has 124 valence electrons. The van der Waals surface area contributed by atoms with E-state index in [1.54, 1.807) is 6.07 Å². The van der Waals surface area contributed by atoms with Crippen molar-refractivity contribution in [3.63, 3.8) is 0 Å². The highest BCUT2D eigenvalue weighted by Crippen LogP contribution is 2.45. The molecule has 0 radical (unpaired) electrons. The molecule has 2 aromatic carbocycles. The van der Waals surface area contributed by atoms with E-state index in [1.165, 1.54) is 12.1 Å². The van der Waals surface area contributed by atoms with Crippen LogP contribution in [0.2, 0.25) is 0 Å². The van der Waals surface area contributed by atoms with Gasteiger partial charge in [0.1, 0.15) is 5.82 Å². The van der Waals surface area contributed by atoms with Crippen LogP contribution in [0.5, 0.6) is 0 Å². The minimum Gasteiger partial charge on any atom is -0.481 e. The molecule has 5 heteroatoms. The van der Waals surface area contributed by atoms with E-state index in [0.717, 1.165) is 11.1 Å². The molecule has 1 fully saturated rings. The SMILES string of the molecule is Cc1ccc(-c2ccc(C(=O)NCC3(C(=O)O)CC3)c(F)c2)cc1. The zero-order valence-electron chi connectivity index (χ0n) is 13.3. The van der Waals surface area contributed by atoms with E-state index in [9.17, 15) is 14.0 Å². The second kappa shape index (κ2) is 6.07. The molecule has 24 heavy (non-hydrogen) atoms. The summed E-state index contributed by atoms with van der Waals surface area (Å²) in [5.74, 6) is -2.13. The summed E-state index contributed by atoms with van der Waals surface area (Å²) in [4.78, 5) is 23.2. The molecule has 2 aromatic rings. The summed E-state index contributed by atoms with van der Waals surface area (Å²) in [6.07, 6.45) is 1.08. The first kappa shape index (κ1) is 16.2. The van der Waals surface area contributed by atoms with Crippen molar-refractivity contribution in [1.29, 1.82) is 0 Å². The number of rotatable bonds is 5. The molecular formula is C19H18FNO3. The zero-order valence-corrected chi connectivity index (χ0v) is 13.3. The monoisotopic (exact) mass is 327 g/mol. The van der Waals surface area contributed by atoms with Gasteiger partial charge in [-0.2, -0.15) is 0 Å². The minimum absolute atomic E-state index is 0.0281. The van der Waals surface area contributed by atoms with Crippen molar-refractivity contribution in [2.75, 3.05) is 6.54 Å². The molecule has 0 aliphatic heterocycles. The average molecular weight is 327 g/mol. The molecule has 0 spiro atoms. The first-order valence-electron chi connectivity index (χ1n) is 7.79. The predicted octanol–water partition coefficient (Wildman–Crippen LogP) is 3.40. The first-order valence-corrected chi connectivity index (χ1v) is 7.79. The zero-order chi connectivity index (χ0) is 17.3. The molecule has 2 N–H and O–H groups in total. The lowest BCUT2D eigenvalue weighted by molar-refractivity contribution is -0.143. The fourth-order valence-electron chi connectivity index (χ4n) is 2.59. The van der Waals surface area contributed by atoms with Crippen LogP contribution in [-0.2, 0) is 4.79 Å². The number of hydrogen-bond acceptors (Lipinski definition) is 2. The van der Waals surface area contributed by atoms with Gasteiger partial charge in [0.25, 0.3) is 5.91 Å². The van der Waals surface area contributed by atoms with Crippen LogP contribution in [0, 0.1) is 18.2 Å². The summed E-state index contributed by atoms with van der Waals surface area (Å²) in [6.45, 7) is 2.00. The quantitative estimate of drug-likeness (QED) is 0.884. The predicted molar refractivity (Wildman–Crippen MR) is 88.2 cm³/mol. The molecule has 0 aromatic heterocycles. The third-order valence-corrected chi connectivity index (χ3v) is 4.49. The van der Waals surface area contributed by atoms with Gasteiger partial charge in [0.15, 0.2) is 0 Å². The second-order valence-electron chi connectivity index (χ2n) is 6.33. The first-order chi connectivity index (χ1) is 11.4. The number of hydrogen-bond donors (Lipinski definition) is 2. The largest absolute Gasteiger partial charge is 0.481 e. The topological polar surface area (TPSA) is 66.4 Å². The van der Waals surface area contributed by atoms with Crippen molar-refractivity contribution in [2.45, 2.75) is 19.8 Å². The third-order valence-electron chi connectivity index (χ3n) is 4.49. The number of halogens is 1. The van der Waals surface area contributed by atoms with Crippen LogP contribution in [0.25, 0.3) is 11.1 Å². The third kappa shape index (κ3) is 3.15. The Bertz CT molecular complexity index is 795. The lowest BCUT2D eigenvalue weighted by atomic mass is 10.0. The van der Waals surface area contributed by atoms with Crippen molar-refractivity contribution in [3.8, 4) is 11.1 Å². The van der Waals surface area contributed by atoms with E-state index in [-0.39, 0.29) is 12.1 Å². The number of aliphatic carboxylic acids is 1. The number of benzene rings is 2. The van der Waals surface area contributed by atoms with Crippen LogP contribution in [0.4, 0.5) is 4.39 Å². The Balaban J connectivity index is 1.73. The number of carboxylic acids is 1.